The van der Waals surface area contributed by atoms with Crippen molar-refractivity contribution < 1.29 is 23.2 Å². The molecule has 320 valence electrons. The van der Waals surface area contributed by atoms with Crippen LogP contribution >= 0.6 is 23.4 Å². The van der Waals surface area contributed by atoms with E-state index in [1.54, 1.807) is 41.5 Å². The number of hydrogen-bond donors (Lipinski definition) is 4. The summed E-state index contributed by atoms with van der Waals surface area (Å²) in [5, 5.41) is 13.4. The zero-order valence-corrected chi connectivity index (χ0v) is 36.7. The molecular weight excluding hydrogens is 828 g/mol. The lowest BCUT2D eigenvalue weighted by Gasteiger charge is -2.36. The number of hydroxylamine groups is 1. The van der Waals surface area contributed by atoms with Gasteiger partial charge in [0, 0.05) is 83.8 Å². The van der Waals surface area contributed by atoms with Gasteiger partial charge in [0.1, 0.15) is 0 Å². The maximum absolute atomic E-state index is 13.5. The van der Waals surface area contributed by atoms with Crippen molar-refractivity contribution in [3.8, 4) is 11.1 Å². The van der Waals surface area contributed by atoms with Crippen LogP contribution in [0.25, 0.3) is 11.1 Å². The summed E-state index contributed by atoms with van der Waals surface area (Å²) in [6.45, 7) is 8.49. The molecule has 0 radical (unpaired) electrons. The van der Waals surface area contributed by atoms with Gasteiger partial charge in [0.05, 0.1) is 4.90 Å². The van der Waals surface area contributed by atoms with Crippen LogP contribution in [0.3, 0.4) is 0 Å². The number of hydrogen-bond acceptors (Lipinski definition) is 10. The van der Waals surface area contributed by atoms with E-state index >= 15 is 0 Å². The van der Waals surface area contributed by atoms with Crippen LogP contribution < -0.4 is 20.4 Å². The van der Waals surface area contributed by atoms with E-state index in [9.17, 15) is 18.0 Å². The number of nitrogens with zero attached hydrogens (tertiary/aromatic N) is 3. The molecule has 2 amide bonds. The summed E-state index contributed by atoms with van der Waals surface area (Å²) in [7, 11) is -4.15. The highest BCUT2D eigenvalue weighted by Crippen LogP contribution is 2.29. The molecule has 5 aromatic rings. The van der Waals surface area contributed by atoms with Crippen molar-refractivity contribution in [2.24, 2.45) is 5.92 Å². The number of benzene rings is 5. The van der Waals surface area contributed by atoms with Gasteiger partial charge in [-0.25, -0.2) is 18.6 Å². The Hall–Kier alpha value is -4.89. The number of carbonyl (C=O) groups is 2. The van der Waals surface area contributed by atoms with E-state index in [4.69, 9.17) is 16.8 Å². The molecule has 61 heavy (non-hydrogen) atoms. The number of piperidine rings is 1. The average Bonchev–Trinajstić information content (AvgIpc) is 3.28. The number of amides is 2. The second-order valence-electron chi connectivity index (χ2n) is 15.7. The smallest absolute Gasteiger partial charge is 0.264 e. The van der Waals surface area contributed by atoms with Crippen LogP contribution in [-0.2, 0) is 21.4 Å². The van der Waals surface area contributed by atoms with Crippen molar-refractivity contribution in [3.05, 3.63) is 143 Å². The lowest BCUT2D eigenvalue weighted by molar-refractivity contribution is -0.134. The molecule has 0 bridgehead atoms. The van der Waals surface area contributed by atoms with Gasteiger partial charge in [0.2, 0.25) is 5.91 Å². The monoisotopic (exact) mass is 880 g/mol. The molecular formula is C47H53ClN6O5S2. The Labute approximate surface area is 368 Å². The maximum atomic E-state index is 13.5. The predicted octanol–water partition coefficient (Wildman–Crippen LogP) is 7.94. The van der Waals surface area contributed by atoms with E-state index in [0.29, 0.717) is 12.8 Å². The highest BCUT2D eigenvalue weighted by Gasteiger charge is 2.26. The Morgan fingerprint density at radius 2 is 1.51 bits per heavy atom. The van der Waals surface area contributed by atoms with Gasteiger partial charge in [-0.15, -0.1) is 11.8 Å². The largest absolute Gasteiger partial charge is 0.381 e. The normalized spacial score (nSPS) is 15.9. The summed E-state index contributed by atoms with van der Waals surface area (Å²) in [5.41, 5.74) is 8.21. The first-order valence-electron chi connectivity index (χ1n) is 20.7. The molecule has 2 aliphatic rings. The number of thioether (sulfide) groups is 1. The number of rotatable bonds is 16. The lowest BCUT2D eigenvalue weighted by Crippen LogP contribution is -2.46. The van der Waals surface area contributed by atoms with Gasteiger partial charge in [0.15, 0.2) is 0 Å². The van der Waals surface area contributed by atoms with E-state index in [1.165, 1.54) is 17.2 Å². The Balaban J connectivity index is 0.922. The molecule has 14 heteroatoms. The quantitative estimate of drug-likeness (QED) is 0.0440. The molecule has 0 aliphatic carbocycles. The van der Waals surface area contributed by atoms with Crippen LogP contribution in [0.5, 0.6) is 0 Å². The van der Waals surface area contributed by atoms with E-state index < -0.39 is 15.9 Å². The van der Waals surface area contributed by atoms with Crippen LogP contribution in [0, 0.1) is 12.8 Å². The van der Waals surface area contributed by atoms with Crippen molar-refractivity contribution in [1.82, 2.24) is 20.0 Å². The zero-order chi connectivity index (χ0) is 42.8. The van der Waals surface area contributed by atoms with Crippen LogP contribution in [0.15, 0.2) is 131 Å². The van der Waals surface area contributed by atoms with Crippen molar-refractivity contribution in [1.29, 1.82) is 0 Å². The third-order valence-corrected chi connectivity index (χ3v) is 14.3. The first-order chi connectivity index (χ1) is 29.5. The van der Waals surface area contributed by atoms with Gasteiger partial charge in [-0.2, -0.15) is 0 Å². The summed E-state index contributed by atoms with van der Waals surface area (Å²) in [6.07, 6.45) is 2.23. The molecule has 2 fully saturated rings. The molecule has 2 aliphatic heterocycles. The molecule has 7 rings (SSSR count). The highest BCUT2D eigenvalue weighted by atomic mass is 35.5. The molecule has 2 saturated heterocycles. The third kappa shape index (κ3) is 11.9. The number of likely N-dealkylation sites (tertiary alicyclic amines) is 1. The zero-order valence-electron chi connectivity index (χ0n) is 34.3. The first-order valence-corrected chi connectivity index (χ1v) is 23.6. The number of aryl methyl sites for hydroxylation is 1. The molecule has 0 spiro atoms. The fourth-order valence-electron chi connectivity index (χ4n) is 7.98. The Morgan fingerprint density at radius 1 is 0.820 bits per heavy atom. The SMILES string of the molecule is Cc1cc(S(=O)(=O)NC(=O)c2ccc(N3CCN(Cc4ccccc4-c4ccc(Cl)cc4)CC3)cc2)ccc1N[C@H](CCN1CCC(C(=O)NO)CC1)CSc1ccccc1. The average molecular weight is 882 g/mol. The second-order valence-corrected chi connectivity index (χ2v) is 18.9. The summed E-state index contributed by atoms with van der Waals surface area (Å²) in [4.78, 5) is 33.4. The molecule has 11 nitrogen and oxygen atoms in total. The molecule has 0 unspecified atom stereocenters. The number of carbonyl (C=O) groups excluding carboxylic acids is 2. The van der Waals surface area contributed by atoms with Gasteiger partial charge >= 0.3 is 0 Å². The minimum Gasteiger partial charge on any atom is -0.381 e. The molecule has 5 aromatic carbocycles. The van der Waals surface area contributed by atoms with E-state index in [0.717, 1.165) is 97.0 Å². The van der Waals surface area contributed by atoms with Gasteiger partial charge in [-0.05, 0) is 128 Å². The maximum Gasteiger partial charge on any atom is 0.264 e. The predicted molar refractivity (Wildman–Crippen MR) is 245 cm³/mol. The van der Waals surface area contributed by atoms with Crippen molar-refractivity contribution in [2.75, 3.05) is 61.8 Å². The van der Waals surface area contributed by atoms with Crippen LogP contribution in [0.2, 0.25) is 5.02 Å². The number of piperazine rings is 1. The third-order valence-electron chi connectivity index (χ3n) is 11.6. The van der Waals surface area contributed by atoms with Gasteiger partial charge in [-0.3, -0.25) is 19.7 Å². The van der Waals surface area contributed by atoms with Crippen molar-refractivity contribution >= 4 is 56.6 Å². The summed E-state index contributed by atoms with van der Waals surface area (Å²) >= 11 is 7.89. The Bertz CT molecular complexity index is 2350. The van der Waals surface area contributed by atoms with Crippen LogP contribution in [-0.4, -0.2) is 92.8 Å². The van der Waals surface area contributed by atoms with Gasteiger partial charge in [0.25, 0.3) is 15.9 Å². The van der Waals surface area contributed by atoms with Crippen molar-refractivity contribution in [3.63, 3.8) is 0 Å². The van der Waals surface area contributed by atoms with Crippen LogP contribution in [0.1, 0.15) is 40.7 Å². The first kappa shape index (κ1) is 44.2. The second kappa shape index (κ2) is 20.8. The lowest BCUT2D eigenvalue weighted by atomic mass is 9.96. The Kier molecular flexibility index (Phi) is 15.1. The summed E-state index contributed by atoms with van der Waals surface area (Å²) in [5.74, 6) is -0.389. The van der Waals surface area contributed by atoms with E-state index in [-0.39, 0.29) is 28.3 Å². The fourth-order valence-corrected chi connectivity index (χ4v) is 10.2. The van der Waals surface area contributed by atoms with E-state index in [1.807, 2.05) is 49.4 Å². The fraction of sp³-hybridized carbons (Fsp3) is 0.319. The molecule has 2 heterocycles. The minimum atomic E-state index is -4.15. The molecule has 0 aromatic heterocycles. The summed E-state index contributed by atoms with van der Waals surface area (Å²) < 4.78 is 29.3. The topological polar surface area (TPSA) is 134 Å². The minimum absolute atomic E-state index is 0.0131. The molecule has 1 atom stereocenters. The van der Waals surface area contributed by atoms with Gasteiger partial charge in [-0.1, -0.05) is 66.2 Å². The standard InChI is InChI=1S/C47H53ClN6O5S2/c1-34-31-43(19-20-45(34)49-40(33-60-42-8-3-2-4-9-42)23-26-52-24-21-37(22-25-52)46(55)50-57)61(58,59)51-47(56)36-13-17-41(18-14-36)54-29-27-53(28-30-54)32-38-7-5-6-10-44(38)35-11-15-39(48)16-12-35/h2-20,31,37,40,49,57H,21-30,32-33H2,1H3,(H,50,55)(H,51,56)/t40-/m1/s1. The van der Waals surface area contributed by atoms with E-state index in [2.05, 4.69) is 73.3 Å². The molecule has 0 saturated carbocycles. The number of sulfonamides is 1. The Morgan fingerprint density at radius 3 is 2.20 bits per heavy atom. The molecule has 4 N–H and O–H groups in total. The van der Waals surface area contributed by atoms with Crippen molar-refractivity contribution in [2.45, 2.75) is 48.6 Å². The number of anilines is 2. The van der Waals surface area contributed by atoms with Gasteiger partial charge < -0.3 is 15.1 Å². The highest BCUT2D eigenvalue weighted by molar-refractivity contribution is 7.99. The number of nitrogens with one attached hydrogen (secondary N) is 3. The number of halogens is 1. The summed E-state index contributed by atoms with van der Waals surface area (Å²) in [6, 6.07) is 38.7. The van der Waals surface area contributed by atoms with Crippen LogP contribution in [0.4, 0.5) is 11.4 Å².